The first-order chi connectivity index (χ1) is 17.1. The molecule has 0 unspecified atom stereocenters. The molecule has 2 fully saturated rings. The van der Waals surface area contributed by atoms with Crippen molar-refractivity contribution in [1.29, 1.82) is 0 Å². The lowest BCUT2D eigenvalue weighted by Crippen LogP contribution is -2.47. The minimum atomic E-state index is -4.47. The summed E-state index contributed by atoms with van der Waals surface area (Å²) >= 11 is 0. The summed E-state index contributed by atoms with van der Waals surface area (Å²) in [6.45, 7) is 2.97. The van der Waals surface area contributed by atoms with Crippen LogP contribution in [0.1, 0.15) is 55.1 Å². The lowest BCUT2D eigenvalue weighted by atomic mass is 9.96. The van der Waals surface area contributed by atoms with Gasteiger partial charge in [-0.05, 0) is 12.5 Å². The highest BCUT2D eigenvalue weighted by Gasteiger charge is 2.34. The van der Waals surface area contributed by atoms with E-state index in [9.17, 15) is 22.8 Å². The number of nitrogens with two attached hydrogens (primary N) is 1. The molecule has 10 nitrogen and oxygen atoms in total. The summed E-state index contributed by atoms with van der Waals surface area (Å²) in [5, 5.41) is 2.68. The second-order valence-corrected chi connectivity index (χ2v) is 8.72. The summed E-state index contributed by atoms with van der Waals surface area (Å²) in [6.07, 6.45) is -1.57. The Balaban J connectivity index is 1.51. The molecule has 0 aromatic carbocycles. The number of rotatable bonds is 8. The second-order valence-electron chi connectivity index (χ2n) is 8.72. The molecule has 0 bridgehead atoms. The van der Waals surface area contributed by atoms with E-state index in [4.69, 9.17) is 15.2 Å². The van der Waals surface area contributed by atoms with Gasteiger partial charge in [0.15, 0.2) is 6.10 Å². The normalized spacial score (nSPS) is 22.3. The van der Waals surface area contributed by atoms with Crippen molar-refractivity contribution < 1.29 is 32.2 Å². The summed E-state index contributed by atoms with van der Waals surface area (Å²) in [6, 6.07) is 3.40. The van der Waals surface area contributed by atoms with E-state index in [0.717, 1.165) is 25.1 Å². The Morgan fingerprint density at radius 1 is 1.22 bits per heavy atom. The van der Waals surface area contributed by atoms with Crippen LogP contribution in [0, 0.1) is 0 Å². The molecule has 194 valence electrons. The third-order valence-electron chi connectivity index (χ3n) is 6.10. The van der Waals surface area contributed by atoms with Gasteiger partial charge in [0.2, 0.25) is 17.7 Å². The van der Waals surface area contributed by atoms with Gasteiger partial charge >= 0.3 is 6.18 Å². The number of nitrogens with zero attached hydrogens (tertiary/aromatic N) is 4. The Labute approximate surface area is 205 Å². The van der Waals surface area contributed by atoms with Gasteiger partial charge in [0.05, 0.1) is 5.56 Å². The topological polar surface area (TPSA) is 133 Å². The molecule has 4 rings (SSSR count). The van der Waals surface area contributed by atoms with Crippen LogP contribution in [0.5, 0.6) is 11.8 Å². The first-order valence-corrected chi connectivity index (χ1v) is 11.7. The van der Waals surface area contributed by atoms with E-state index in [0.29, 0.717) is 32.4 Å². The van der Waals surface area contributed by atoms with E-state index in [1.165, 1.54) is 12.1 Å². The number of aromatic nitrogens is 3. The van der Waals surface area contributed by atoms with Crippen LogP contribution >= 0.6 is 0 Å². The third kappa shape index (κ3) is 5.94. The van der Waals surface area contributed by atoms with Gasteiger partial charge in [-0.2, -0.15) is 18.2 Å². The first-order valence-electron chi connectivity index (χ1n) is 11.7. The van der Waals surface area contributed by atoms with Crippen molar-refractivity contribution in [1.82, 2.24) is 20.3 Å². The van der Waals surface area contributed by atoms with Gasteiger partial charge in [-0.1, -0.05) is 13.3 Å². The van der Waals surface area contributed by atoms with E-state index in [-0.39, 0.29) is 41.5 Å². The molecular weight excluding hydrogens is 481 g/mol. The number of amides is 2. The molecule has 0 radical (unpaired) electrons. The molecular formula is C23H27F3N6O4. The van der Waals surface area contributed by atoms with Gasteiger partial charge in [0, 0.05) is 56.7 Å². The van der Waals surface area contributed by atoms with E-state index >= 15 is 0 Å². The maximum atomic E-state index is 12.8. The molecule has 2 amide bonds. The van der Waals surface area contributed by atoms with Gasteiger partial charge in [-0.25, -0.2) is 9.97 Å². The Bertz CT molecular complexity index is 1100. The van der Waals surface area contributed by atoms with Crippen LogP contribution in [-0.2, 0) is 11.0 Å². The number of hydrogen-bond donors (Lipinski definition) is 2. The molecule has 2 aliphatic heterocycles. The summed E-state index contributed by atoms with van der Waals surface area (Å²) < 4.78 is 50.0. The van der Waals surface area contributed by atoms with Crippen LogP contribution < -0.4 is 25.4 Å². The van der Waals surface area contributed by atoms with Gasteiger partial charge < -0.3 is 25.4 Å². The van der Waals surface area contributed by atoms with Crippen molar-refractivity contribution in [2.24, 2.45) is 5.73 Å². The van der Waals surface area contributed by atoms with Crippen molar-refractivity contribution in [2.45, 2.75) is 63.5 Å². The van der Waals surface area contributed by atoms with E-state index in [1.54, 1.807) is 0 Å². The average molecular weight is 509 g/mol. The number of halogens is 3. The zero-order valence-corrected chi connectivity index (χ0v) is 19.6. The largest absolute Gasteiger partial charge is 0.474 e. The fraction of sp³-hybridized carbons (Fsp3) is 0.522. The molecule has 3 atom stereocenters. The molecule has 3 N–H and O–H groups in total. The predicted molar refractivity (Wildman–Crippen MR) is 122 cm³/mol. The molecule has 0 spiro atoms. The number of primary amides is 1. The molecule has 0 aliphatic carbocycles. The van der Waals surface area contributed by atoms with Crippen molar-refractivity contribution >= 4 is 17.8 Å². The van der Waals surface area contributed by atoms with Crippen LogP contribution in [0.25, 0.3) is 0 Å². The number of alkyl halides is 3. The standard InChI is InChI=1S/C23H27F3N6O4/c1-2-3-14-10-15(35-18-5-4-13(12-29-18)23(24,25)26)7-9-32(14)22-30-16(20(27)33)11-19(31-22)36-17-6-8-28-21(17)34/h4-5,11-12,14-15,17H,2-3,6-10H2,1H3,(H2,27,33)(H,28,34)/t14-,15-,17+/m1/s1. The smallest absolute Gasteiger partial charge is 0.417 e. The lowest BCUT2D eigenvalue weighted by molar-refractivity contribution is -0.137. The van der Waals surface area contributed by atoms with Gasteiger partial charge in [-0.15, -0.1) is 0 Å². The Hall–Kier alpha value is -3.64. The number of pyridine rings is 1. The third-order valence-corrected chi connectivity index (χ3v) is 6.10. The number of piperidine rings is 1. The van der Waals surface area contributed by atoms with Crippen molar-refractivity contribution in [2.75, 3.05) is 18.0 Å². The quantitative estimate of drug-likeness (QED) is 0.556. The Morgan fingerprint density at radius 3 is 2.64 bits per heavy atom. The molecule has 4 heterocycles. The lowest BCUT2D eigenvalue weighted by Gasteiger charge is -2.39. The SMILES string of the molecule is CCC[C@@H]1C[C@H](Oc2ccc(C(F)(F)F)cn2)CCN1c1nc(O[C@H]2CCNC2=O)cc(C(N)=O)n1. The Kier molecular flexibility index (Phi) is 7.45. The van der Waals surface area contributed by atoms with Crippen LogP contribution in [0.2, 0.25) is 0 Å². The van der Waals surface area contributed by atoms with Gasteiger partial charge in [0.25, 0.3) is 11.8 Å². The zero-order chi connectivity index (χ0) is 25.9. The highest BCUT2D eigenvalue weighted by Crippen LogP contribution is 2.31. The molecule has 0 saturated carbocycles. The minimum absolute atomic E-state index is 0.0315. The molecule has 2 aromatic rings. The number of ether oxygens (including phenoxy) is 2. The molecule has 2 aliphatic rings. The fourth-order valence-corrected chi connectivity index (χ4v) is 4.34. The number of hydrogen-bond acceptors (Lipinski definition) is 8. The average Bonchev–Trinajstić information content (AvgIpc) is 3.23. The number of nitrogens with one attached hydrogen (secondary N) is 1. The van der Waals surface area contributed by atoms with Crippen LogP contribution in [0.4, 0.5) is 19.1 Å². The van der Waals surface area contributed by atoms with Crippen LogP contribution in [0.3, 0.4) is 0 Å². The maximum Gasteiger partial charge on any atom is 0.417 e. The summed E-state index contributed by atoms with van der Waals surface area (Å²) in [4.78, 5) is 38.4. The van der Waals surface area contributed by atoms with Crippen molar-refractivity contribution in [3.8, 4) is 11.8 Å². The van der Waals surface area contributed by atoms with Crippen LogP contribution in [0.15, 0.2) is 24.4 Å². The monoisotopic (exact) mass is 508 g/mol. The number of anilines is 1. The summed E-state index contributed by atoms with van der Waals surface area (Å²) in [5.74, 6) is -0.551. The predicted octanol–water partition coefficient (Wildman–Crippen LogP) is 2.47. The molecule has 13 heteroatoms. The fourth-order valence-electron chi connectivity index (χ4n) is 4.34. The Morgan fingerprint density at radius 2 is 2.03 bits per heavy atom. The van der Waals surface area contributed by atoms with Crippen molar-refractivity contribution in [3.63, 3.8) is 0 Å². The second kappa shape index (κ2) is 10.5. The summed E-state index contributed by atoms with van der Waals surface area (Å²) in [5.41, 5.74) is 4.60. The molecule has 36 heavy (non-hydrogen) atoms. The molecule has 2 aromatic heterocycles. The van der Waals surface area contributed by atoms with E-state index in [2.05, 4.69) is 20.3 Å². The highest BCUT2D eigenvalue weighted by molar-refractivity contribution is 5.91. The van der Waals surface area contributed by atoms with Gasteiger partial charge in [-0.3, -0.25) is 9.59 Å². The number of carbonyl (C=O) groups excluding carboxylic acids is 2. The summed E-state index contributed by atoms with van der Waals surface area (Å²) in [7, 11) is 0. The first kappa shape index (κ1) is 25.5. The van der Waals surface area contributed by atoms with Gasteiger partial charge in [0.1, 0.15) is 11.8 Å². The zero-order valence-electron chi connectivity index (χ0n) is 19.6. The maximum absolute atomic E-state index is 12.8. The van der Waals surface area contributed by atoms with Crippen molar-refractivity contribution in [3.05, 3.63) is 35.7 Å². The minimum Gasteiger partial charge on any atom is -0.474 e. The number of carbonyl (C=O) groups is 2. The van der Waals surface area contributed by atoms with E-state index in [1.807, 2.05) is 11.8 Å². The molecule has 2 saturated heterocycles. The highest BCUT2D eigenvalue weighted by atomic mass is 19.4. The van der Waals surface area contributed by atoms with Crippen LogP contribution in [-0.4, -0.2) is 58.1 Å². The van der Waals surface area contributed by atoms with E-state index < -0.39 is 23.8 Å².